The molecule has 2 heterocycles. The van der Waals surface area contributed by atoms with Gasteiger partial charge in [-0.2, -0.15) is 5.10 Å². The molecule has 0 amide bonds. The summed E-state index contributed by atoms with van der Waals surface area (Å²) < 4.78 is 7.38. The molecule has 0 radical (unpaired) electrons. The number of aromatic nitrogens is 2. The zero-order valence-corrected chi connectivity index (χ0v) is 11.2. The van der Waals surface area contributed by atoms with Crippen LogP contribution in [0.3, 0.4) is 0 Å². The largest absolute Gasteiger partial charge is 0.379 e. The topological polar surface area (TPSA) is 42.3 Å². The molecule has 1 aromatic rings. The predicted octanol–water partition coefficient (Wildman–Crippen LogP) is 0.991. The quantitative estimate of drug-likeness (QED) is 0.853. The number of ether oxygens (including phenoxy) is 1. The SMILES string of the molecule is CNc1c(CN2CCOCC2C)c(C)nn1C. The molecule has 0 saturated carbocycles. The van der Waals surface area contributed by atoms with Crippen LogP contribution in [0.1, 0.15) is 18.2 Å². The Kier molecular flexibility index (Phi) is 3.69. The molecule has 1 unspecified atom stereocenters. The van der Waals surface area contributed by atoms with Crippen LogP contribution in [0.2, 0.25) is 0 Å². The summed E-state index contributed by atoms with van der Waals surface area (Å²) in [5.41, 5.74) is 2.40. The van der Waals surface area contributed by atoms with E-state index in [-0.39, 0.29) is 0 Å². The molecule has 1 aromatic heterocycles. The van der Waals surface area contributed by atoms with E-state index in [0.29, 0.717) is 6.04 Å². The van der Waals surface area contributed by atoms with Crippen molar-refractivity contribution < 1.29 is 4.74 Å². The molecule has 1 aliphatic rings. The van der Waals surface area contributed by atoms with Crippen LogP contribution in [0.5, 0.6) is 0 Å². The maximum Gasteiger partial charge on any atom is 0.128 e. The Labute approximate surface area is 103 Å². The molecule has 5 nitrogen and oxygen atoms in total. The van der Waals surface area contributed by atoms with Crippen LogP contribution in [0, 0.1) is 6.92 Å². The highest BCUT2D eigenvalue weighted by atomic mass is 16.5. The van der Waals surface area contributed by atoms with Crippen LogP contribution >= 0.6 is 0 Å². The Balaban J connectivity index is 2.17. The molecular weight excluding hydrogens is 216 g/mol. The van der Waals surface area contributed by atoms with E-state index in [9.17, 15) is 0 Å². The maximum atomic E-state index is 5.46. The van der Waals surface area contributed by atoms with Crippen molar-refractivity contribution in [2.75, 3.05) is 32.1 Å². The van der Waals surface area contributed by atoms with Gasteiger partial charge in [0.2, 0.25) is 0 Å². The Morgan fingerprint density at radius 1 is 1.53 bits per heavy atom. The molecule has 1 aliphatic heterocycles. The number of morpholine rings is 1. The van der Waals surface area contributed by atoms with E-state index in [1.165, 1.54) is 5.56 Å². The average Bonchev–Trinajstić information content (AvgIpc) is 2.56. The van der Waals surface area contributed by atoms with Gasteiger partial charge in [0, 0.05) is 38.8 Å². The van der Waals surface area contributed by atoms with Gasteiger partial charge in [-0.25, -0.2) is 0 Å². The molecule has 1 N–H and O–H groups in total. The van der Waals surface area contributed by atoms with Crippen LogP contribution in [0.15, 0.2) is 0 Å². The fourth-order valence-corrected chi connectivity index (χ4v) is 2.40. The highest BCUT2D eigenvalue weighted by molar-refractivity contribution is 5.46. The lowest BCUT2D eigenvalue weighted by molar-refractivity contribution is -0.00436. The number of aryl methyl sites for hydroxylation is 2. The van der Waals surface area contributed by atoms with Gasteiger partial charge in [0.25, 0.3) is 0 Å². The Hall–Kier alpha value is -1.07. The van der Waals surface area contributed by atoms with Crippen molar-refractivity contribution in [1.29, 1.82) is 0 Å². The third kappa shape index (κ3) is 2.45. The van der Waals surface area contributed by atoms with Gasteiger partial charge in [0.05, 0.1) is 18.9 Å². The molecule has 1 fully saturated rings. The van der Waals surface area contributed by atoms with Crippen molar-refractivity contribution in [3.05, 3.63) is 11.3 Å². The molecule has 96 valence electrons. The van der Waals surface area contributed by atoms with E-state index in [4.69, 9.17) is 4.74 Å². The van der Waals surface area contributed by atoms with Gasteiger partial charge in [0.1, 0.15) is 5.82 Å². The predicted molar refractivity (Wildman–Crippen MR) is 68.2 cm³/mol. The van der Waals surface area contributed by atoms with Crippen LogP contribution in [-0.4, -0.2) is 47.5 Å². The second-order valence-electron chi connectivity index (χ2n) is 4.68. The number of nitrogens with zero attached hydrogens (tertiary/aromatic N) is 3. The van der Waals surface area contributed by atoms with Crippen molar-refractivity contribution in [2.45, 2.75) is 26.4 Å². The average molecular weight is 238 g/mol. The highest BCUT2D eigenvalue weighted by Gasteiger charge is 2.22. The molecule has 17 heavy (non-hydrogen) atoms. The van der Waals surface area contributed by atoms with Gasteiger partial charge in [-0.15, -0.1) is 0 Å². The second-order valence-corrected chi connectivity index (χ2v) is 4.68. The summed E-state index contributed by atoms with van der Waals surface area (Å²) >= 11 is 0. The van der Waals surface area contributed by atoms with Gasteiger partial charge in [-0.3, -0.25) is 9.58 Å². The van der Waals surface area contributed by atoms with Crippen molar-refractivity contribution in [3.8, 4) is 0 Å². The van der Waals surface area contributed by atoms with E-state index >= 15 is 0 Å². The van der Waals surface area contributed by atoms with Crippen molar-refractivity contribution in [2.24, 2.45) is 7.05 Å². The molecular formula is C12H22N4O. The van der Waals surface area contributed by atoms with Crippen molar-refractivity contribution >= 4 is 5.82 Å². The van der Waals surface area contributed by atoms with Gasteiger partial charge in [-0.05, 0) is 13.8 Å². The van der Waals surface area contributed by atoms with Crippen molar-refractivity contribution in [1.82, 2.24) is 14.7 Å². The molecule has 1 atom stereocenters. The van der Waals surface area contributed by atoms with Crippen LogP contribution in [-0.2, 0) is 18.3 Å². The van der Waals surface area contributed by atoms with Crippen LogP contribution < -0.4 is 5.32 Å². The van der Waals surface area contributed by atoms with E-state index in [2.05, 4.69) is 29.2 Å². The zero-order valence-electron chi connectivity index (χ0n) is 11.2. The summed E-state index contributed by atoms with van der Waals surface area (Å²) in [6, 6.07) is 0.480. The first kappa shape index (κ1) is 12.4. The number of rotatable bonds is 3. The summed E-state index contributed by atoms with van der Waals surface area (Å²) in [6.07, 6.45) is 0. The fraction of sp³-hybridized carbons (Fsp3) is 0.750. The van der Waals surface area contributed by atoms with E-state index in [1.54, 1.807) is 0 Å². The normalized spacial score (nSPS) is 21.8. The Morgan fingerprint density at radius 2 is 2.29 bits per heavy atom. The molecule has 0 bridgehead atoms. The summed E-state index contributed by atoms with van der Waals surface area (Å²) in [5, 5.41) is 7.70. The number of nitrogens with one attached hydrogen (secondary N) is 1. The maximum absolute atomic E-state index is 5.46. The number of anilines is 1. The molecule has 0 spiro atoms. The Bertz CT molecular complexity index is 388. The standard InChI is InChI=1S/C12H22N4O/c1-9-8-17-6-5-16(9)7-11-10(2)14-15(4)12(11)13-3/h9,13H,5-8H2,1-4H3. The molecule has 5 heteroatoms. The summed E-state index contributed by atoms with van der Waals surface area (Å²) in [6.45, 7) is 7.89. The first-order valence-electron chi connectivity index (χ1n) is 6.15. The third-order valence-corrected chi connectivity index (χ3v) is 3.45. The van der Waals surface area contributed by atoms with Crippen LogP contribution in [0.4, 0.5) is 5.82 Å². The zero-order chi connectivity index (χ0) is 12.4. The van der Waals surface area contributed by atoms with Crippen molar-refractivity contribution in [3.63, 3.8) is 0 Å². The van der Waals surface area contributed by atoms with Gasteiger partial charge >= 0.3 is 0 Å². The van der Waals surface area contributed by atoms with Gasteiger partial charge in [-0.1, -0.05) is 0 Å². The molecule has 0 aliphatic carbocycles. The van der Waals surface area contributed by atoms with E-state index in [0.717, 1.165) is 37.8 Å². The number of hydrogen-bond donors (Lipinski definition) is 1. The van der Waals surface area contributed by atoms with Gasteiger partial charge in [0.15, 0.2) is 0 Å². The smallest absolute Gasteiger partial charge is 0.128 e. The lowest BCUT2D eigenvalue weighted by Crippen LogP contribution is -2.43. The monoisotopic (exact) mass is 238 g/mol. The third-order valence-electron chi connectivity index (χ3n) is 3.45. The summed E-state index contributed by atoms with van der Waals surface area (Å²) in [5.74, 6) is 1.11. The fourth-order valence-electron chi connectivity index (χ4n) is 2.40. The van der Waals surface area contributed by atoms with Gasteiger partial charge < -0.3 is 10.1 Å². The molecule has 2 rings (SSSR count). The first-order valence-corrected chi connectivity index (χ1v) is 6.15. The minimum atomic E-state index is 0.480. The highest BCUT2D eigenvalue weighted by Crippen LogP contribution is 2.22. The minimum Gasteiger partial charge on any atom is -0.379 e. The van der Waals surface area contributed by atoms with E-state index < -0.39 is 0 Å². The Morgan fingerprint density at radius 3 is 2.94 bits per heavy atom. The summed E-state index contributed by atoms with van der Waals surface area (Å²) in [7, 11) is 3.92. The molecule has 0 aromatic carbocycles. The van der Waals surface area contributed by atoms with E-state index in [1.807, 2.05) is 18.8 Å². The lowest BCUT2D eigenvalue weighted by atomic mass is 10.2. The van der Waals surface area contributed by atoms with Crippen LogP contribution in [0.25, 0.3) is 0 Å². The second kappa shape index (κ2) is 5.06. The minimum absolute atomic E-state index is 0.480. The first-order chi connectivity index (χ1) is 8.13. The molecule has 1 saturated heterocycles. The lowest BCUT2D eigenvalue weighted by Gasteiger charge is -2.33. The summed E-state index contributed by atoms with van der Waals surface area (Å²) in [4.78, 5) is 2.45. The number of hydrogen-bond acceptors (Lipinski definition) is 4.